The first-order chi connectivity index (χ1) is 15.4. The predicted molar refractivity (Wildman–Crippen MR) is 121 cm³/mol. The maximum Gasteiger partial charge on any atom is 0.283 e. The number of nitro benzene ring substituents is 1. The Morgan fingerprint density at radius 1 is 1.22 bits per heavy atom. The van der Waals surface area contributed by atoms with Crippen LogP contribution in [0.25, 0.3) is 6.08 Å². The lowest BCUT2D eigenvalue weighted by Gasteiger charge is -2.20. The van der Waals surface area contributed by atoms with Crippen LogP contribution in [0.4, 0.5) is 5.69 Å². The van der Waals surface area contributed by atoms with Crippen LogP contribution in [0.1, 0.15) is 18.1 Å². The molecule has 2 aromatic carbocycles. The quantitative estimate of drug-likeness (QED) is 0.401. The van der Waals surface area contributed by atoms with Gasteiger partial charge in [-0.2, -0.15) is 15.1 Å². The number of methoxy groups -OCH3 is 1. The number of carbonyl (C=O) groups excluding carboxylic acids is 1. The first kappa shape index (κ1) is 21.2. The summed E-state index contributed by atoms with van der Waals surface area (Å²) in [5.41, 5.74) is 1.52. The first-order valence-electron chi connectivity index (χ1n) is 9.36. The number of benzene rings is 2. The Hall–Kier alpha value is -3.99. The molecule has 0 unspecified atom stereocenters. The van der Waals surface area contributed by atoms with E-state index < -0.39 is 10.8 Å². The van der Waals surface area contributed by atoms with Crippen molar-refractivity contribution in [3.8, 4) is 11.5 Å². The van der Waals surface area contributed by atoms with Crippen molar-refractivity contribution in [1.82, 2.24) is 5.01 Å². The van der Waals surface area contributed by atoms with E-state index in [0.29, 0.717) is 27.3 Å². The number of ether oxygens (including phenoxy) is 2. The minimum Gasteiger partial charge on any atom is -0.493 e. The Balaban J connectivity index is 1.53. The summed E-state index contributed by atoms with van der Waals surface area (Å²) in [4.78, 5) is 26.7. The summed E-state index contributed by atoms with van der Waals surface area (Å²) in [5, 5.41) is 25.7. The molecule has 4 rings (SSSR count). The van der Waals surface area contributed by atoms with Gasteiger partial charge in [0.2, 0.25) is 5.17 Å². The lowest BCUT2D eigenvalue weighted by Crippen LogP contribution is -2.35. The fraction of sp³-hybridized carbons (Fsp3) is 0.143. The molecule has 162 valence electrons. The van der Waals surface area contributed by atoms with Crippen molar-refractivity contribution in [3.63, 3.8) is 0 Å². The number of aliphatic imine (C=N–C) groups is 1. The summed E-state index contributed by atoms with van der Waals surface area (Å²) in [7, 11) is 1.49. The Morgan fingerprint density at radius 3 is 2.66 bits per heavy atom. The highest BCUT2D eigenvalue weighted by Gasteiger charge is 2.34. The summed E-state index contributed by atoms with van der Waals surface area (Å²) < 4.78 is 11.2. The number of rotatable bonds is 6. The van der Waals surface area contributed by atoms with Gasteiger partial charge in [0.1, 0.15) is 6.61 Å². The van der Waals surface area contributed by atoms with Crippen molar-refractivity contribution in [2.24, 2.45) is 10.1 Å². The molecule has 2 aromatic rings. The van der Waals surface area contributed by atoms with E-state index in [-0.39, 0.29) is 23.7 Å². The number of amides is 1. The number of nitrogens with zero attached hydrogens (tertiary/aromatic N) is 4. The van der Waals surface area contributed by atoms with Gasteiger partial charge < -0.3 is 9.47 Å². The van der Waals surface area contributed by atoms with Crippen molar-refractivity contribution in [1.29, 1.82) is 5.41 Å². The van der Waals surface area contributed by atoms with E-state index in [2.05, 4.69) is 10.1 Å². The Morgan fingerprint density at radius 2 is 1.97 bits per heavy atom. The van der Waals surface area contributed by atoms with Crippen LogP contribution in [-0.4, -0.2) is 39.0 Å². The predicted octanol–water partition coefficient (Wildman–Crippen LogP) is 3.82. The summed E-state index contributed by atoms with van der Waals surface area (Å²) in [5.74, 6) is 0.360. The summed E-state index contributed by atoms with van der Waals surface area (Å²) in [6.45, 7) is 1.98. The third-order valence-electron chi connectivity index (χ3n) is 4.60. The molecule has 0 radical (unpaired) electrons. The maximum atomic E-state index is 12.4. The molecular formula is C21H17N5O5S. The Labute approximate surface area is 186 Å². The zero-order valence-electron chi connectivity index (χ0n) is 17.1. The van der Waals surface area contributed by atoms with Crippen LogP contribution in [0, 0.1) is 15.5 Å². The van der Waals surface area contributed by atoms with Crippen LogP contribution in [0.5, 0.6) is 11.5 Å². The molecule has 32 heavy (non-hydrogen) atoms. The molecule has 0 saturated carbocycles. The van der Waals surface area contributed by atoms with Crippen molar-refractivity contribution in [3.05, 3.63) is 69.3 Å². The number of nitro groups is 1. The highest BCUT2D eigenvalue weighted by Crippen LogP contribution is 2.32. The molecule has 0 aromatic heterocycles. The number of hydrogen-bond donors (Lipinski definition) is 1. The highest BCUT2D eigenvalue weighted by atomic mass is 32.2. The van der Waals surface area contributed by atoms with Gasteiger partial charge >= 0.3 is 0 Å². The smallest absolute Gasteiger partial charge is 0.283 e. The number of thioether (sulfide) groups is 1. The van der Waals surface area contributed by atoms with E-state index >= 15 is 0 Å². The van der Waals surface area contributed by atoms with Gasteiger partial charge in [-0.15, -0.1) is 0 Å². The summed E-state index contributed by atoms with van der Waals surface area (Å²) in [6, 6.07) is 11.2. The minimum absolute atomic E-state index is 0.0105. The third-order valence-corrected chi connectivity index (χ3v) is 5.42. The SMILES string of the molecule is COc1cc(/C=C2/C(=N)N3N=C(C)SC3=NC2=O)ccc1OCc1ccc([N+](=O)[O-])cc1. The molecule has 2 aliphatic heterocycles. The standard InChI is InChI=1S/C21H17N5O5S/c1-12-24-25-19(22)16(20(27)23-21(25)32-12)9-14-5-8-17(18(10-14)30-2)31-11-13-3-6-15(7-4-13)26(28)29/h3-10,22H,11H2,1-2H3/b16-9-,22-19?. The number of hydrazone groups is 1. The largest absolute Gasteiger partial charge is 0.493 e. The molecular weight excluding hydrogens is 434 g/mol. The minimum atomic E-state index is -0.504. The summed E-state index contributed by atoms with van der Waals surface area (Å²) >= 11 is 1.25. The van der Waals surface area contributed by atoms with Crippen LogP contribution in [-0.2, 0) is 11.4 Å². The summed E-state index contributed by atoms with van der Waals surface area (Å²) in [6.07, 6.45) is 1.56. The molecule has 2 aliphatic rings. The average molecular weight is 451 g/mol. The van der Waals surface area contributed by atoms with E-state index in [1.54, 1.807) is 43.3 Å². The van der Waals surface area contributed by atoms with Crippen LogP contribution in [0.3, 0.4) is 0 Å². The molecule has 0 spiro atoms. The number of nitrogens with one attached hydrogen (secondary N) is 1. The van der Waals surface area contributed by atoms with E-state index in [0.717, 1.165) is 5.56 Å². The zero-order valence-corrected chi connectivity index (χ0v) is 17.9. The van der Waals surface area contributed by atoms with E-state index in [1.807, 2.05) is 0 Å². The van der Waals surface area contributed by atoms with Crippen molar-refractivity contribution >= 4 is 45.5 Å². The third kappa shape index (κ3) is 4.23. The van der Waals surface area contributed by atoms with Gasteiger partial charge in [0.05, 0.1) is 22.6 Å². The fourth-order valence-electron chi connectivity index (χ4n) is 3.02. The molecule has 0 fully saturated rings. The molecule has 2 heterocycles. The first-order valence-corrected chi connectivity index (χ1v) is 10.2. The van der Waals surface area contributed by atoms with E-state index in [4.69, 9.17) is 14.9 Å². The average Bonchev–Trinajstić information content (AvgIpc) is 3.16. The van der Waals surface area contributed by atoms with Gasteiger partial charge in [0.15, 0.2) is 17.3 Å². The monoisotopic (exact) mass is 451 g/mol. The second kappa shape index (κ2) is 8.63. The van der Waals surface area contributed by atoms with Crippen LogP contribution < -0.4 is 9.47 Å². The van der Waals surface area contributed by atoms with E-state index in [9.17, 15) is 14.9 Å². The maximum absolute atomic E-state index is 12.4. The molecule has 1 amide bonds. The molecule has 1 N–H and O–H groups in total. The topological polar surface area (TPSA) is 130 Å². The number of carbonyl (C=O) groups is 1. The van der Waals surface area contributed by atoms with Gasteiger partial charge in [-0.05, 0) is 60.2 Å². The number of amidine groups is 2. The number of fused-ring (bicyclic) bond motifs is 1. The second-order valence-electron chi connectivity index (χ2n) is 6.76. The van der Waals surface area contributed by atoms with Crippen LogP contribution in [0.15, 0.2) is 58.1 Å². The molecule has 0 saturated heterocycles. The number of non-ortho nitro benzene ring substituents is 1. The lowest BCUT2D eigenvalue weighted by atomic mass is 10.1. The van der Waals surface area contributed by atoms with Crippen molar-refractivity contribution in [2.45, 2.75) is 13.5 Å². The van der Waals surface area contributed by atoms with Crippen molar-refractivity contribution < 1.29 is 19.2 Å². The fourth-order valence-corrected chi connectivity index (χ4v) is 3.76. The molecule has 0 aliphatic carbocycles. The van der Waals surface area contributed by atoms with Crippen LogP contribution in [0.2, 0.25) is 0 Å². The van der Waals surface area contributed by atoms with E-state index in [1.165, 1.54) is 36.0 Å². The van der Waals surface area contributed by atoms with Gasteiger partial charge in [0, 0.05) is 12.1 Å². The van der Waals surface area contributed by atoms with Crippen LogP contribution >= 0.6 is 11.8 Å². The zero-order chi connectivity index (χ0) is 22.8. The van der Waals surface area contributed by atoms with Gasteiger partial charge in [-0.3, -0.25) is 20.3 Å². The molecule has 10 nitrogen and oxygen atoms in total. The van der Waals surface area contributed by atoms with Gasteiger partial charge in [-0.25, -0.2) is 0 Å². The Kier molecular flexibility index (Phi) is 5.73. The van der Waals surface area contributed by atoms with Gasteiger partial charge in [-0.1, -0.05) is 6.07 Å². The van der Waals surface area contributed by atoms with Gasteiger partial charge in [0.25, 0.3) is 11.6 Å². The lowest BCUT2D eigenvalue weighted by molar-refractivity contribution is -0.384. The normalized spacial score (nSPS) is 16.6. The highest BCUT2D eigenvalue weighted by molar-refractivity contribution is 8.26. The number of hydrogen-bond acceptors (Lipinski definition) is 8. The molecule has 0 bridgehead atoms. The second-order valence-corrected chi connectivity index (χ2v) is 7.92. The van der Waals surface area contributed by atoms with Crippen molar-refractivity contribution in [2.75, 3.05) is 7.11 Å². The molecule has 0 atom stereocenters. The molecule has 11 heteroatoms. The Bertz CT molecular complexity index is 1220.